The summed E-state index contributed by atoms with van der Waals surface area (Å²) in [5.41, 5.74) is 13.7. The molecule has 1 aliphatic heterocycles. The Labute approximate surface area is 102 Å². The Morgan fingerprint density at radius 2 is 2.18 bits per heavy atom. The van der Waals surface area contributed by atoms with Gasteiger partial charge < -0.3 is 16.4 Å². The lowest BCUT2D eigenvalue weighted by molar-refractivity contribution is -0.117. The van der Waals surface area contributed by atoms with Gasteiger partial charge in [0, 0.05) is 31.2 Å². The first-order valence-corrected chi connectivity index (χ1v) is 6.06. The van der Waals surface area contributed by atoms with Crippen molar-refractivity contribution in [3.8, 4) is 0 Å². The fraction of sp³-hybridized carbons (Fsp3) is 0.462. The van der Waals surface area contributed by atoms with Crippen molar-refractivity contribution in [3.63, 3.8) is 0 Å². The molecule has 1 unspecified atom stereocenters. The van der Waals surface area contributed by atoms with Crippen LogP contribution in [0.2, 0.25) is 0 Å². The number of hydrogen-bond acceptors (Lipinski definition) is 3. The third kappa shape index (κ3) is 2.77. The van der Waals surface area contributed by atoms with Crippen LogP contribution >= 0.6 is 0 Å². The quantitative estimate of drug-likeness (QED) is 0.823. The van der Waals surface area contributed by atoms with E-state index in [4.69, 9.17) is 11.5 Å². The van der Waals surface area contributed by atoms with Crippen LogP contribution in [0.4, 0.5) is 5.69 Å². The molecule has 2 rings (SSSR count). The van der Waals surface area contributed by atoms with Crippen molar-refractivity contribution in [3.05, 3.63) is 29.8 Å². The van der Waals surface area contributed by atoms with Gasteiger partial charge in [0.2, 0.25) is 5.91 Å². The summed E-state index contributed by atoms with van der Waals surface area (Å²) < 4.78 is 0. The van der Waals surface area contributed by atoms with E-state index < -0.39 is 0 Å². The van der Waals surface area contributed by atoms with Gasteiger partial charge in [0.05, 0.1) is 0 Å². The molecule has 4 N–H and O–H groups in total. The van der Waals surface area contributed by atoms with Crippen molar-refractivity contribution in [2.75, 3.05) is 18.0 Å². The molecule has 0 spiro atoms. The standard InChI is InChI=1S/C13H19N3O/c14-11-5-3-8-16(9-7-13(15)17)12-6-2-1-4-10(11)12/h1-2,4,6,11H,3,5,7-9,14H2,(H2,15,17). The van der Waals surface area contributed by atoms with E-state index in [2.05, 4.69) is 17.0 Å². The van der Waals surface area contributed by atoms with Crippen LogP contribution in [0.3, 0.4) is 0 Å². The van der Waals surface area contributed by atoms with E-state index in [1.807, 2.05) is 12.1 Å². The minimum atomic E-state index is -0.254. The summed E-state index contributed by atoms with van der Waals surface area (Å²) in [6, 6.07) is 8.26. The molecule has 0 saturated carbocycles. The zero-order valence-electron chi connectivity index (χ0n) is 9.93. The normalized spacial score (nSPS) is 19.6. The van der Waals surface area contributed by atoms with Gasteiger partial charge in [0.1, 0.15) is 0 Å². The van der Waals surface area contributed by atoms with Gasteiger partial charge in [-0.3, -0.25) is 4.79 Å². The molecule has 1 amide bonds. The number of primary amides is 1. The Morgan fingerprint density at radius 1 is 1.41 bits per heavy atom. The van der Waals surface area contributed by atoms with Gasteiger partial charge in [-0.15, -0.1) is 0 Å². The van der Waals surface area contributed by atoms with E-state index in [1.165, 1.54) is 5.56 Å². The van der Waals surface area contributed by atoms with E-state index in [1.54, 1.807) is 0 Å². The first-order chi connectivity index (χ1) is 8.18. The molecule has 0 aliphatic carbocycles. The lowest BCUT2D eigenvalue weighted by Crippen LogP contribution is -2.28. The van der Waals surface area contributed by atoms with Crippen LogP contribution in [0.15, 0.2) is 24.3 Å². The Morgan fingerprint density at radius 3 is 2.94 bits per heavy atom. The van der Waals surface area contributed by atoms with Gasteiger partial charge in [-0.2, -0.15) is 0 Å². The molecule has 1 heterocycles. The summed E-state index contributed by atoms with van der Waals surface area (Å²) in [6.45, 7) is 1.62. The lowest BCUT2D eigenvalue weighted by Gasteiger charge is -2.24. The highest BCUT2D eigenvalue weighted by Crippen LogP contribution is 2.31. The Bertz CT molecular complexity index is 405. The van der Waals surface area contributed by atoms with Crippen molar-refractivity contribution >= 4 is 11.6 Å². The molecule has 1 atom stereocenters. The number of nitrogens with zero attached hydrogens (tertiary/aromatic N) is 1. The zero-order valence-corrected chi connectivity index (χ0v) is 9.93. The summed E-state index contributed by atoms with van der Waals surface area (Å²) >= 11 is 0. The van der Waals surface area contributed by atoms with Crippen LogP contribution in [-0.4, -0.2) is 19.0 Å². The maximum Gasteiger partial charge on any atom is 0.219 e. The summed E-state index contributed by atoms with van der Waals surface area (Å²) in [5.74, 6) is -0.254. The molecule has 4 heteroatoms. The number of nitrogens with two attached hydrogens (primary N) is 2. The van der Waals surface area contributed by atoms with E-state index in [0.29, 0.717) is 13.0 Å². The molecule has 92 valence electrons. The number of fused-ring (bicyclic) bond motifs is 1. The van der Waals surface area contributed by atoms with Crippen LogP contribution in [-0.2, 0) is 4.79 Å². The molecule has 0 bridgehead atoms. The third-order valence-electron chi connectivity index (χ3n) is 3.25. The predicted molar refractivity (Wildman–Crippen MR) is 68.6 cm³/mol. The van der Waals surface area contributed by atoms with Crippen LogP contribution in [0, 0.1) is 0 Å². The molecule has 4 nitrogen and oxygen atoms in total. The third-order valence-corrected chi connectivity index (χ3v) is 3.25. The topological polar surface area (TPSA) is 72.4 Å². The van der Waals surface area contributed by atoms with Crippen LogP contribution in [0.1, 0.15) is 30.9 Å². The molecule has 17 heavy (non-hydrogen) atoms. The minimum absolute atomic E-state index is 0.102. The van der Waals surface area contributed by atoms with E-state index in [-0.39, 0.29) is 11.9 Å². The van der Waals surface area contributed by atoms with Crippen LogP contribution in [0.5, 0.6) is 0 Å². The Balaban J connectivity index is 2.22. The summed E-state index contributed by atoms with van der Waals surface area (Å²) in [7, 11) is 0. The second-order valence-corrected chi connectivity index (χ2v) is 4.51. The lowest BCUT2D eigenvalue weighted by atomic mass is 10.0. The second kappa shape index (κ2) is 5.19. The Hall–Kier alpha value is -1.55. The van der Waals surface area contributed by atoms with Gasteiger partial charge in [-0.05, 0) is 24.5 Å². The van der Waals surface area contributed by atoms with Crippen molar-refractivity contribution in [2.45, 2.75) is 25.3 Å². The van der Waals surface area contributed by atoms with E-state index >= 15 is 0 Å². The predicted octanol–water partition coefficient (Wildman–Crippen LogP) is 1.16. The molecular formula is C13H19N3O. The number of rotatable bonds is 3. The molecule has 0 saturated heterocycles. The van der Waals surface area contributed by atoms with Gasteiger partial charge in [-0.25, -0.2) is 0 Å². The summed E-state index contributed by atoms with van der Waals surface area (Å²) in [5, 5.41) is 0. The van der Waals surface area contributed by atoms with Gasteiger partial charge in [0.25, 0.3) is 0 Å². The highest BCUT2D eigenvalue weighted by atomic mass is 16.1. The number of amides is 1. The van der Waals surface area contributed by atoms with Crippen molar-refractivity contribution in [2.24, 2.45) is 11.5 Å². The van der Waals surface area contributed by atoms with E-state index in [9.17, 15) is 4.79 Å². The monoisotopic (exact) mass is 233 g/mol. The largest absolute Gasteiger partial charge is 0.371 e. The fourth-order valence-corrected chi connectivity index (χ4v) is 2.34. The first kappa shape index (κ1) is 11.9. The Kier molecular flexibility index (Phi) is 3.64. The maximum absolute atomic E-state index is 10.9. The number of para-hydroxylation sites is 1. The molecule has 1 aromatic carbocycles. The number of benzene rings is 1. The average Bonchev–Trinajstić information content (AvgIpc) is 2.47. The smallest absolute Gasteiger partial charge is 0.219 e. The molecule has 1 aliphatic rings. The van der Waals surface area contributed by atoms with E-state index in [0.717, 1.165) is 25.1 Å². The number of hydrogen-bond donors (Lipinski definition) is 2. The van der Waals surface area contributed by atoms with Gasteiger partial charge in [-0.1, -0.05) is 18.2 Å². The zero-order chi connectivity index (χ0) is 12.3. The van der Waals surface area contributed by atoms with Crippen molar-refractivity contribution in [1.82, 2.24) is 0 Å². The highest BCUT2D eigenvalue weighted by molar-refractivity contribution is 5.74. The SMILES string of the molecule is NC(=O)CCN1CCCC(N)c2ccccc21. The van der Waals surface area contributed by atoms with Gasteiger partial charge >= 0.3 is 0 Å². The number of carbonyl (C=O) groups is 1. The second-order valence-electron chi connectivity index (χ2n) is 4.51. The molecular weight excluding hydrogens is 214 g/mol. The molecule has 0 aromatic heterocycles. The number of anilines is 1. The molecule has 0 fully saturated rings. The fourth-order valence-electron chi connectivity index (χ4n) is 2.34. The van der Waals surface area contributed by atoms with Crippen LogP contribution < -0.4 is 16.4 Å². The number of carbonyl (C=O) groups excluding carboxylic acids is 1. The first-order valence-electron chi connectivity index (χ1n) is 6.06. The van der Waals surface area contributed by atoms with Gasteiger partial charge in [0.15, 0.2) is 0 Å². The van der Waals surface area contributed by atoms with Crippen LogP contribution in [0.25, 0.3) is 0 Å². The summed E-state index contributed by atoms with van der Waals surface area (Å²) in [6.07, 6.45) is 2.43. The summed E-state index contributed by atoms with van der Waals surface area (Å²) in [4.78, 5) is 13.1. The average molecular weight is 233 g/mol. The minimum Gasteiger partial charge on any atom is -0.371 e. The highest BCUT2D eigenvalue weighted by Gasteiger charge is 2.19. The molecule has 0 radical (unpaired) electrons. The molecule has 1 aromatic rings. The van der Waals surface area contributed by atoms with Crippen molar-refractivity contribution < 1.29 is 4.79 Å². The maximum atomic E-state index is 10.9. The van der Waals surface area contributed by atoms with Crippen molar-refractivity contribution in [1.29, 1.82) is 0 Å².